The van der Waals surface area contributed by atoms with Crippen molar-refractivity contribution in [3.63, 3.8) is 0 Å². The zero-order chi connectivity index (χ0) is 15.8. The molecule has 1 atom stereocenters. The molecule has 0 bridgehead atoms. The zero-order valence-corrected chi connectivity index (χ0v) is 13.0. The van der Waals surface area contributed by atoms with Crippen LogP contribution in [0.5, 0.6) is 0 Å². The number of amides is 1. The Balaban J connectivity index is 1.88. The molecule has 1 heterocycles. The minimum absolute atomic E-state index is 0.0526. The van der Waals surface area contributed by atoms with E-state index >= 15 is 0 Å². The lowest BCUT2D eigenvalue weighted by molar-refractivity contribution is -0.137. The Kier molecular flexibility index (Phi) is 6.15. The van der Waals surface area contributed by atoms with Crippen LogP contribution in [0.2, 0.25) is 0 Å². The number of aliphatic carboxylic acids is 1. The molecule has 1 aromatic carbocycles. The molecule has 2 aromatic rings. The Morgan fingerprint density at radius 3 is 2.55 bits per heavy atom. The van der Waals surface area contributed by atoms with Crippen LogP contribution < -0.4 is 5.32 Å². The van der Waals surface area contributed by atoms with Crippen LogP contribution in [-0.4, -0.2) is 23.0 Å². The largest absolute Gasteiger partial charge is 0.481 e. The molecule has 0 fully saturated rings. The number of rotatable bonds is 8. The lowest BCUT2D eigenvalue weighted by Gasteiger charge is -2.17. The van der Waals surface area contributed by atoms with Crippen molar-refractivity contribution in [2.24, 2.45) is 0 Å². The molecule has 1 aromatic heterocycles. The molecule has 4 nitrogen and oxygen atoms in total. The van der Waals surface area contributed by atoms with Crippen molar-refractivity contribution < 1.29 is 14.7 Å². The second-order valence-corrected chi connectivity index (χ2v) is 6.17. The van der Waals surface area contributed by atoms with Crippen LogP contribution in [0.15, 0.2) is 47.8 Å². The molecular weight excluding hydrogens is 298 g/mol. The van der Waals surface area contributed by atoms with Crippen molar-refractivity contribution in [1.29, 1.82) is 0 Å². The Labute approximate surface area is 133 Å². The topological polar surface area (TPSA) is 66.4 Å². The summed E-state index contributed by atoms with van der Waals surface area (Å²) in [4.78, 5) is 24.0. The molecule has 5 heteroatoms. The van der Waals surface area contributed by atoms with Crippen LogP contribution >= 0.6 is 11.3 Å². The molecule has 0 saturated carbocycles. The van der Waals surface area contributed by atoms with Crippen LogP contribution in [0, 0.1) is 0 Å². The summed E-state index contributed by atoms with van der Waals surface area (Å²) in [5.41, 5.74) is 1.14. The molecule has 0 aliphatic heterocycles. The van der Waals surface area contributed by atoms with Gasteiger partial charge in [0.05, 0.1) is 12.8 Å². The van der Waals surface area contributed by atoms with Gasteiger partial charge < -0.3 is 10.4 Å². The summed E-state index contributed by atoms with van der Waals surface area (Å²) in [6.45, 7) is 0. The van der Waals surface area contributed by atoms with Crippen LogP contribution in [0.3, 0.4) is 0 Å². The van der Waals surface area contributed by atoms with Crippen molar-refractivity contribution in [1.82, 2.24) is 5.32 Å². The number of carbonyl (C=O) groups excluding carboxylic acids is 1. The van der Waals surface area contributed by atoms with E-state index in [1.54, 1.807) is 0 Å². The third-order valence-electron chi connectivity index (χ3n) is 3.33. The van der Waals surface area contributed by atoms with Crippen molar-refractivity contribution in [3.05, 3.63) is 58.3 Å². The fourth-order valence-corrected chi connectivity index (χ4v) is 2.98. The van der Waals surface area contributed by atoms with E-state index in [1.807, 2.05) is 47.8 Å². The third-order valence-corrected chi connectivity index (χ3v) is 4.20. The Morgan fingerprint density at radius 2 is 1.91 bits per heavy atom. The van der Waals surface area contributed by atoms with Gasteiger partial charge in [0.2, 0.25) is 5.91 Å². The van der Waals surface area contributed by atoms with E-state index in [9.17, 15) is 9.59 Å². The fourth-order valence-electron chi connectivity index (χ4n) is 2.27. The maximum Gasteiger partial charge on any atom is 0.305 e. The average molecular weight is 317 g/mol. The third kappa shape index (κ3) is 5.69. The molecule has 0 saturated heterocycles. The predicted octanol–water partition coefficient (Wildman–Crippen LogP) is 2.88. The summed E-state index contributed by atoms with van der Waals surface area (Å²) in [6.07, 6.45) is 1.62. The number of thiophene rings is 1. The molecule has 2 N–H and O–H groups in total. The first-order chi connectivity index (χ1) is 10.6. The maximum atomic E-state index is 12.0. The van der Waals surface area contributed by atoms with E-state index in [-0.39, 0.29) is 18.4 Å². The Bertz CT molecular complexity index is 596. The smallest absolute Gasteiger partial charge is 0.305 e. The number of benzene rings is 1. The lowest BCUT2D eigenvalue weighted by atomic mass is 10.0. The van der Waals surface area contributed by atoms with Gasteiger partial charge in [-0.3, -0.25) is 9.59 Å². The fraction of sp³-hybridized carbons (Fsp3) is 0.294. The Hall–Kier alpha value is -2.14. The molecule has 0 spiro atoms. The van der Waals surface area contributed by atoms with Crippen molar-refractivity contribution in [3.8, 4) is 0 Å². The van der Waals surface area contributed by atoms with Crippen molar-refractivity contribution in [2.75, 3.05) is 0 Å². The first-order valence-electron chi connectivity index (χ1n) is 7.21. The molecule has 0 aliphatic rings. The number of carboxylic acids is 1. The van der Waals surface area contributed by atoms with Gasteiger partial charge in [-0.2, -0.15) is 0 Å². The summed E-state index contributed by atoms with van der Waals surface area (Å²) < 4.78 is 0. The van der Waals surface area contributed by atoms with Gasteiger partial charge >= 0.3 is 5.97 Å². The number of hydrogen-bond acceptors (Lipinski definition) is 3. The van der Waals surface area contributed by atoms with Gasteiger partial charge in [-0.05, 0) is 29.9 Å². The first-order valence-corrected chi connectivity index (χ1v) is 8.09. The number of carboxylic acid groups (broad SMARTS) is 1. The average Bonchev–Trinajstić information content (AvgIpc) is 2.98. The van der Waals surface area contributed by atoms with E-state index in [1.165, 1.54) is 11.3 Å². The number of nitrogens with one attached hydrogen (secondary N) is 1. The van der Waals surface area contributed by atoms with Crippen molar-refractivity contribution >= 4 is 23.2 Å². The van der Waals surface area contributed by atoms with Gasteiger partial charge in [0.1, 0.15) is 0 Å². The lowest BCUT2D eigenvalue weighted by Crippen LogP contribution is -2.37. The number of carbonyl (C=O) groups is 2. The highest BCUT2D eigenvalue weighted by molar-refractivity contribution is 7.10. The monoisotopic (exact) mass is 317 g/mol. The van der Waals surface area contributed by atoms with E-state index in [2.05, 4.69) is 5.32 Å². The highest BCUT2D eigenvalue weighted by atomic mass is 32.1. The van der Waals surface area contributed by atoms with Crippen LogP contribution in [0.4, 0.5) is 0 Å². The van der Waals surface area contributed by atoms with E-state index in [0.29, 0.717) is 12.8 Å². The highest BCUT2D eigenvalue weighted by Gasteiger charge is 2.16. The second kappa shape index (κ2) is 8.34. The van der Waals surface area contributed by atoms with Crippen molar-refractivity contribution in [2.45, 2.75) is 31.7 Å². The van der Waals surface area contributed by atoms with Gasteiger partial charge in [-0.1, -0.05) is 36.4 Å². The number of hydrogen-bond donors (Lipinski definition) is 2. The number of aryl methyl sites for hydroxylation is 1. The molecule has 116 valence electrons. The molecular formula is C17H19NO3S. The molecule has 0 radical (unpaired) electrons. The standard InChI is InChI=1S/C17H19NO3S/c19-16(12-15-7-4-10-22-15)18-14(11-17(20)21)9-8-13-5-2-1-3-6-13/h1-7,10,14H,8-9,11-12H2,(H,18,19)(H,20,21). The first kappa shape index (κ1) is 16.2. The molecule has 1 unspecified atom stereocenters. The van der Waals surface area contributed by atoms with Gasteiger partial charge in [0, 0.05) is 10.9 Å². The second-order valence-electron chi connectivity index (χ2n) is 5.14. The van der Waals surface area contributed by atoms with Crippen LogP contribution in [0.25, 0.3) is 0 Å². The van der Waals surface area contributed by atoms with Gasteiger partial charge in [0.15, 0.2) is 0 Å². The minimum Gasteiger partial charge on any atom is -0.481 e. The quantitative estimate of drug-likeness (QED) is 0.787. The Morgan fingerprint density at radius 1 is 1.14 bits per heavy atom. The van der Waals surface area contributed by atoms with Crippen LogP contribution in [0.1, 0.15) is 23.3 Å². The van der Waals surface area contributed by atoms with E-state index < -0.39 is 5.97 Å². The summed E-state index contributed by atoms with van der Waals surface area (Å²) in [6, 6.07) is 13.3. The zero-order valence-electron chi connectivity index (χ0n) is 12.2. The van der Waals surface area contributed by atoms with Gasteiger partial charge in [-0.25, -0.2) is 0 Å². The highest BCUT2D eigenvalue weighted by Crippen LogP contribution is 2.11. The SMILES string of the molecule is O=C(O)CC(CCc1ccccc1)NC(=O)Cc1cccs1. The summed E-state index contributed by atoms with van der Waals surface area (Å²) >= 11 is 1.53. The normalized spacial score (nSPS) is 11.8. The molecule has 0 aliphatic carbocycles. The van der Waals surface area contributed by atoms with Crippen LogP contribution in [-0.2, 0) is 22.4 Å². The predicted molar refractivity (Wildman–Crippen MR) is 87.0 cm³/mol. The minimum atomic E-state index is -0.894. The van der Waals surface area contributed by atoms with Gasteiger partial charge in [-0.15, -0.1) is 11.3 Å². The maximum absolute atomic E-state index is 12.0. The van der Waals surface area contributed by atoms with E-state index in [0.717, 1.165) is 16.9 Å². The van der Waals surface area contributed by atoms with E-state index in [4.69, 9.17) is 5.11 Å². The summed E-state index contributed by atoms with van der Waals surface area (Å²) in [5, 5.41) is 13.8. The molecule has 22 heavy (non-hydrogen) atoms. The summed E-state index contributed by atoms with van der Waals surface area (Å²) in [7, 11) is 0. The van der Waals surface area contributed by atoms with Gasteiger partial charge in [0.25, 0.3) is 0 Å². The molecule has 2 rings (SSSR count). The molecule has 1 amide bonds. The summed E-state index contributed by atoms with van der Waals surface area (Å²) in [5.74, 6) is -1.02.